The molecule has 0 aliphatic heterocycles. The number of halogens is 3. The molecule has 5 nitrogen and oxygen atoms in total. The molecular weight excluding hydrogens is 301 g/mol. The molecule has 114 valence electrons. The number of pyridine rings is 1. The van der Waals surface area contributed by atoms with Gasteiger partial charge in [-0.3, -0.25) is 9.78 Å². The number of nitrogens with zero attached hydrogens (tertiary/aromatic N) is 1. The number of carbonyl (C=O) groups is 2. The molecule has 0 aliphatic rings. The highest BCUT2D eigenvalue weighted by Crippen LogP contribution is 2.30. The zero-order valence-electron chi connectivity index (χ0n) is 10.9. The number of carboxylic acids is 1. The Hall–Kier alpha value is -2.90. The van der Waals surface area contributed by atoms with Crippen LogP contribution in [0.4, 0.5) is 18.9 Å². The summed E-state index contributed by atoms with van der Waals surface area (Å²) in [5.41, 5.74) is -1.55. The van der Waals surface area contributed by atoms with Crippen molar-refractivity contribution in [1.29, 1.82) is 0 Å². The summed E-state index contributed by atoms with van der Waals surface area (Å²) in [6, 6.07) is 5.16. The van der Waals surface area contributed by atoms with E-state index in [2.05, 4.69) is 10.3 Å². The molecule has 22 heavy (non-hydrogen) atoms. The Balaban J connectivity index is 2.29. The van der Waals surface area contributed by atoms with Gasteiger partial charge in [0.1, 0.15) is 0 Å². The van der Waals surface area contributed by atoms with E-state index in [1.165, 1.54) is 12.3 Å². The maximum absolute atomic E-state index is 12.6. The fraction of sp³-hybridized carbons (Fsp3) is 0.0714. The van der Waals surface area contributed by atoms with Crippen LogP contribution in [0, 0.1) is 0 Å². The van der Waals surface area contributed by atoms with Crippen molar-refractivity contribution >= 4 is 17.6 Å². The molecule has 1 heterocycles. The van der Waals surface area contributed by atoms with Gasteiger partial charge < -0.3 is 10.4 Å². The number of aromatic carboxylic acids is 1. The summed E-state index contributed by atoms with van der Waals surface area (Å²) in [7, 11) is 0. The van der Waals surface area contributed by atoms with E-state index in [-0.39, 0.29) is 16.8 Å². The lowest BCUT2D eigenvalue weighted by Gasteiger charge is -2.10. The van der Waals surface area contributed by atoms with Gasteiger partial charge in [-0.1, -0.05) is 6.07 Å². The lowest BCUT2D eigenvalue weighted by Crippen LogP contribution is -2.17. The molecule has 2 rings (SSSR count). The molecule has 1 amide bonds. The van der Waals surface area contributed by atoms with Gasteiger partial charge >= 0.3 is 12.1 Å². The van der Waals surface area contributed by atoms with Crippen molar-refractivity contribution in [3.63, 3.8) is 0 Å². The molecule has 0 radical (unpaired) electrons. The third-order valence-corrected chi connectivity index (χ3v) is 2.74. The SMILES string of the molecule is O=C(O)c1ccncc1C(=O)Nc1cccc(C(F)(F)F)c1. The molecular formula is C14H9F3N2O3. The minimum atomic E-state index is -4.54. The van der Waals surface area contributed by atoms with E-state index in [9.17, 15) is 22.8 Å². The highest BCUT2D eigenvalue weighted by molar-refractivity contribution is 6.10. The van der Waals surface area contributed by atoms with Crippen molar-refractivity contribution in [3.05, 3.63) is 59.4 Å². The summed E-state index contributed by atoms with van der Waals surface area (Å²) < 4.78 is 37.8. The molecule has 0 atom stereocenters. The normalized spacial score (nSPS) is 11.0. The second-order valence-electron chi connectivity index (χ2n) is 4.26. The predicted molar refractivity (Wildman–Crippen MR) is 70.6 cm³/mol. The van der Waals surface area contributed by atoms with Gasteiger partial charge in [0, 0.05) is 18.1 Å². The minimum Gasteiger partial charge on any atom is -0.478 e. The largest absolute Gasteiger partial charge is 0.478 e. The van der Waals surface area contributed by atoms with Gasteiger partial charge in [-0.25, -0.2) is 4.79 Å². The van der Waals surface area contributed by atoms with Gasteiger partial charge in [-0.2, -0.15) is 13.2 Å². The first-order chi connectivity index (χ1) is 10.3. The number of carbonyl (C=O) groups excluding carboxylic acids is 1. The zero-order chi connectivity index (χ0) is 16.3. The molecule has 0 spiro atoms. The Morgan fingerprint density at radius 3 is 2.50 bits per heavy atom. The number of alkyl halides is 3. The number of hydrogen-bond acceptors (Lipinski definition) is 3. The van der Waals surface area contributed by atoms with Crippen LogP contribution in [0.25, 0.3) is 0 Å². The number of hydrogen-bond donors (Lipinski definition) is 2. The number of rotatable bonds is 3. The van der Waals surface area contributed by atoms with Gasteiger partial charge in [-0.15, -0.1) is 0 Å². The monoisotopic (exact) mass is 310 g/mol. The van der Waals surface area contributed by atoms with Crippen molar-refractivity contribution in [2.45, 2.75) is 6.18 Å². The Morgan fingerprint density at radius 2 is 1.86 bits per heavy atom. The van der Waals surface area contributed by atoms with Crippen molar-refractivity contribution in [1.82, 2.24) is 4.98 Å². The van der Waals surface area contributed by atoms with Crippen molar-refractivity contribution in [2.24, 2.45) is 0 Å². The molecule has 1 aromatic heterocycles. The Bertz CT molecular complexity index is 729. The highest BCUT2D eigenvalue weighted by atomic mass is 19.4. The van der Waals surface area contributed by atoms with Crippen LogP contribution < -0.4 is 5.32 Å². The first kappa shape index (κ1) is 15.5. The van der Waals surface area contributed by atoms with E-state index < -0.39 is 23.6 Å². The van der Waals surface area contributed by atoms with Crippen LogP contribution in [0.3, 0.4) is 0 Å². The van der Waals surface area contributed by atoms with E-state index in [4.69, 9.17) is 5.11 Å². The van der Waals surface area contributed by atoms with E-state index in [1.54, 1.807) is 0 Å². The first-order valence-electron chi connectivity index (χ1n) is 5.95. The molecule has 0 aliphatic carbocycles. The smallest absolute Gasteiger partial charge is 0.416 e. The van der Waals surface area contributed by atoms with Crippen LogP contribution in [0.5, 0.6) is 0 Å². The standard InChI is InChI=1S/C14H9F3N2O3/c15-14(16,17)8-2-1-3-9(6-8)19-12(20)11-7-18-5-4-10(11)13(21)22/h1-7H,(H,19,20)(H,21,22). The number of amides is 1. The topological polar surface area (TPSA) is 79.3 Å². The van der Waals surface area contributed by atoms with E-state index in [1.807, 2.05) is 0 Å². The maximum Gasteiger partial charge on any atom is 0.416 e. The fourth-order valence-corrected chi connectivity index (χ4v) is 1.73. The van der Waals surface area contributed by atoms with Crippen LogP contribution in [0.1, 0.15) is 26.3 Å². The Morgan fingerprint density at radius 1 is 1.14 bits per heavy atom. The molecule has 0 bridgehead atoms. The lowest BCUT2D eigenvalue weighted by atomic mass is 10.1. The van der Waals surface area contributed by atoms with Crippen molar-refractivity contribution in [2.75, 3.05) is 5.32 Å². The number of carboxylic acid groups (broad SMARTS) is 1. The summed E-state index contributed by atoms with van der Waals surface area (Å²) in [6.07, 6.45) is -2.31. The molecule has 1 aromatic carbocycles. The predicted octanol–water partition coefficient (Wildman–Crippen LogP) is 3.05. The lowest BCUT2D eigenvalue weighted by molar-refractivity contribution is -0.137. The van der Waals surface area contributed by atoms with Gasteiger partial charge in [0.15, 0.2) is 0 Å². The zero-order valence-corrected chi connectivity index (χ0v) is 10.9. The molecule has 8 heteroatoms. The molecule has 2 N–H and O–H groups in total. The van der Waals surface area contributed by atoms with Gasteiger partial charge in [0.25, 0.3) is 5.91 Å². The molecule has 2 aromatic rings. The summed E-state index contributed by atoms with van der Waals surface area (Å²) in [5.74, 6) is -2.19. The number of anilines is 1. The van der Waals surface area contributed by atoms with Gasteiger partial charge in [-0.05, 0) is 24.3 Å². The number of aromatic nitrogens is 1. The quantitative estimate of drug-likeness (QED) is 0.913. The number of benzene rings is 1. The molecule has 0 saturated carbocycles. The van der Waals surface area contributed by atoms with Crippen LogP contribution >= 0.6 is 0 Å². The first-order valence-corrected chi connectivity index (χ1v) is 5.95. The van der Waals surface area contributed by atoms with Gasteiger partial charge in [0.05, 0.1) is 16.7 Å². The second kappa shape index (κ2) is 5.84. The van der Waals surface area contributed by atoms with Crippen LogP contribution in [-0.2, 0) is 6.18 Å². The van der Waals surface area contributed by atoms with Crippen molar-refractivity contribution in [3.8, 4) is 0 Å². The van der Waals surface area contributed by atoms with Crippen LogP contribution in [-0.4, -0.2) is 22.0 Å². The molecule has 0 saturated heterocycles. The van der Waals surface area contributed by atoms with E-state index in [0.717, 1.165) is 30.5 Å². The summed E-state index contributed by atoms with van der Waals surface area (Å²) >= 11 is 0. The average molecular weight is 310 g/mol. The second-order valence-corrected chi connectivity index (χ2v) is 4.26. The average Bonchev–Trinajstić information content (AvgIpc) is 2.46. The van der Waals surface area contributed by atoms with E-state index >= 15 is 0 Å². The van der Waals surface area contributed by atoms with Crippen LogP contribution in [0.15, 0.2) is 42.7 Å². The Labute approximate surface area is 122 Å². The van der Waals surface area contributed by atoms with Crippen LogP contribution in [0.2, 0.25) is 0 Å². The minimum absolute atomic E-state index is 0.0972. The maximum atomic E-state index is 12.6. The highest BCUT2D eigenvalue weighted by Gasteiger charge is 2.30. The molecule has 0 unspecified atom stereocenters. The summed E-state index contributed by atoms with van der Waals surface area (Å²) in [6.45, 7) is 0. The fourth-order valence-electron chi connectivity index (χ4n) is 1.73. The summed E-state index contributed by atoms with van der Waals surface area (Å²) in [5, 5.41) is 11.2. The Kier molecular flexibility index (Phi) is 4.11. The third-order valence-electron chi connectivity index (χ3n) is 2.74. The van der Waals surface area contributed by atoms with E-state index in [0.29, 0.717) is 0 Å². The number of nitrogens with one attached hydrogen (secondary N) is 1. The summed E-state index contributed by atoms with van der Waals surface area (Å²) in [4.78, 5) is 26.7. The molecule has 0 fully saturated rings. The van der Waals surface area contributed by atoms with Gasteiger partial charge in [0.2, 0.25) is 0 Å². The third kappa shape index (κ3) is 3.40. The van der Waals surface area contributed by atoms with Crippen molar-refractivity contribution < 1.29 is 27.9 Å².